The Morgan fingerprint density at radius 2 is 2.06 bits per heavy atom. The molecule has 2 N–H and O–H groups in total. The Bertz CT molecular complexity index is 398. The number of non-ortho nitro benzene ring substituents is 1. The van der Waals surface area contributed by atoms with Gasteiger partial charge >= 0.3 is 0 Å². The van der Waals surface area contributed by atoms with Crippen LogP contribution >= 0.6 is 0 Å². The van der Waals surface area contributed by atoms with E-state index < -0.39 is 35.3 Å². The summed E-state index contributed by atoms with van der Waals surface area (Å²) in [5, 5.41) is 10.3. The zero-order valence-electron chi connectivity index (χ0n) is 8.07. The molecule has 0 saturated carbocycles. The Balaban J connectivity index is 3.11. The van der Waals surface area contributed by atoms with Gasteiger partial charge < -0.3 is 5.73 Å². The number of nitro benzene ring substituents is 1. The molecule has 0 aliphatic carbocycles. The zero-order valence-corrected chi connectivity index (χ0v) is 8.07. The van der Waals surface area contributed by atoms with Crippen molar-refractivity contribution < 1.29 is 18.1 Å². The molecule has 0 amide bonds. The Kier molecular flexibility index (Phi) is 3.83. The largest absolute Gasteiger partial charge is 0.330 e. The highest BCUT2D eigenvalue weighted by Gasteiger charge is 2.25. The molecule has 0 bridgehead atoms. The van der Waals surface area contributed by atoms with Crippen LogP contribution < -0.4 is 5.73 Å². The van der Waals surface area contributed by atoms with Crippen molar-refractivity contribution in [3.05, 3.63) is 39.7 Å². The van der Waals surface area contributed by atoms with E-state index in [1.54, 1.807) is 0 Å². The predicted octanol–water partition coefficient (Wildman–Crippen LogP) is 2.04. The second-order valence-electron chi connectivity index (χ2n) is 3.14. The summed E-state index contributed by atoms with van der Waals surface area (Å²) < 4.78 is 38.2. The molecule has 0 saturated heterocycles. The molecular weight excluding hydrogens is 225 g/mol. The van der Waals surface area contributed by atoms with E-state index in [1.165, 1.54) is 0 Å². The van der Waals surface area contributed by atoms with E-state index in [-0.39, 0.29) is 5.56 Å². The third-order valence-electron chi connectivity index (χ3n) is 2.15. The van der Waals surface area contributed by atoms with E-state index in [4.69, 9.17) is 5.73 Å². The quantitative estimate of drug-likeness (QED) is 0.640. The molecule has 1 rings (SSSR count). The molecular formula is C9H9F3N2O2. The molecule has 0 aliphatic rings. The van der Waals surface area contributed by atoms with Crippen molar-refractivity contribution in [1.82, 2.24) is 0 Å². The molecule has 7 heteroatoms. The van der Waals surface area contributed by atoms with Crippen LogP contribution in [0.4, 0.5) is 18.9 Å². The van der Waals surface area contributed by atoms with Gasteiger partial charge in [-0.3, -0.25) is 10.1 Å². The van der Waals surface area contributed by atoms with Crippen molar-refractivity contribution >= 4 is 5.69 Å². The first-order valence-electron chi connectivity index (χ1n) is 4.39. The maximum Gasteiger partial charge on any atom is 0.272 e. The van der Waals surface area contributed by atoms with E-state index >= 15 is 0 Å². The van der Waals surface area contributed by atoms with Crippen LogP contribution in [0, 0.1) is 15.9 Å². The van der Waals surface area contributed by atoms with Crippen LogP contribution in [-0.2, 0) is 0 Å². The minimum Gasteiger partial charge on any atom is -0.330 e. The Morgan fingerprint density at radius 1 is 1.44 bits per heavy atom. The molecule has 0 radical (unpaired) electrons. The van der Waals surface area contributed by atoms with Crippen molar-refractivity contribution in [3.8, 4) is 0 Å². The van der Waals surface area contributed by atoms with Gasteiger partial charge in [-0.05, 0) is 11.6 Å². The molecule has 0 aliphatic heterocycles. The number of nitrogens with two attached hydrogens (primary N) is 1. The standard InChI is InChI=1S/C9H9F3N2O2/c10-8-3-5(14(15)16)1-2-6(8)7(4-13)9(11)12/h1-3,7,9H,4,13H2. The average molecular weight is 234 g/mol. The predicted molar refractivity (Wildman–Crippen MR) is 50.9 cm³/mol. The Morgan fingerprint density at radius 3 is 2.44 bits per heavy atom. The van der Waals surface area contributed by atoms with E-state index in [2.05, 4.69) is 0 Å². The minimum atomic E-state index is -2.80. The third kappa shape index (κ3) is 2.48. The molecule has 0 spiro atoms. The van der Waals surface area contributed by atoms with E-state index in [0.717, 1.165) is 12.1 Å². The van der Waals surface area contributed by atoms with Crippen molar-refractivity contribution in [2.45, 2.75) is 12.3 Å². The molecule has 1 atom stereocenters. The number of benzene rings is 1. The molecule has 4 nitrogen and oxygen atoms in total. The van der Waals surface area contributed by atoms with E-state index in [0.29, 0.717) is 6.07 Å². The molecule has 1 aromatic rings. The summed E-state index contributed by atoms with van der Waals surface area (Å²) in [4.78, 5) is 9.50. The number of alkyl halides is 2. The first-order chi connectivity index (χ1) is 7.47. The third-order valence-corrected chi connectivity index (χ3v) is 2.15. The summed E-state index contributed by atoms with van der Waals surface area (Å²) in [6, 6.07) is 2.56. The first-order valence-corrected chi connectivity index (χ1v) is 4.39. The average Bonchev–Trinajstić information content (AvgIpc) is 2.20. The number of hydrogen-bond donors (Lipinski definition) is 1. The van der Waals surface area contributed by atoms with Crippen molar-refractivity contribution in [2.24, 2.45) is 5.73 Å². The smallest absolute Gasteiger partial charge is 0.272 e. The number of hydrogen-bond acceptors (Lipinski definition) is 3. The number of rotatable bonds is 4. The fourth-order valence-corrected chi connectivity index (χ4v) is 1.30. The summed E-state index contributed by atoms with van der Waals surface area (Å²) in [6.45, 7) is -0.424. The fraction of sp³-hybridized carbons (Fsp3) is 0.333. The molecule has 0 heterocycles. The lowest BCUT2D eigenvalue weighted by Crippen LogP contribution is -2.20. The highest BCUT2D eigenvalue weighted by molar-refractivity contribution is 5.36. The monoisotopic (exact) mass is 234 g/mol. The summed E-state index contributed by atoms with van der Waals surface area (Å²) in [7, 11) is 0. The molecule has 1 unspecified atom stereocenters. The van der Waals surface area contributed by atoms with Gasteiger partial charge in [0.05, 0.1) is 16.9 Å². The van der Waals surface area contributed by atoms with Crippen LogP contribution in [0.1, 0.15) is 11.5 Å². The van der Waals surface area contributed by atoms with Crippen molar-refractivity contribution in [2.75, 3.05) is 6.54 Å². The van der Waals surface area contributed by atoms with Gasteiger partial charge in [-0.1, -0.05) is 0 Å². The number of nitrogens with zero attached hydrogens (tertiary/aromatic N) is 1. The van der Waals surface area contributed by atoms with Gasteiger partial charge in [0.1, 0.15) is 5.82 Å². The van der Waals surface area contributed by atoms with Gasteiger partial charge in [0.15, 0.2) is 0 Å². The van der Waals surface area contributed by atoms with Gasteiger partial charge in [-0.15, -0.1) is 0 Å². The van der Waals surface area contributed by atoms with Crippen molar-refractivity contribution in [3.63, 3.8) is 0 Å². The fourth-order valence-electron chi connectivity index (χ4n) is 1.30. The van der Waals surface area contributed by atoms with Crippen LogP contribution in [0.25, 0.3) is 0 Å². The van der Waals surface area contributed by atoms with E-state index in [9.17, 15) is 23.3 Å². The highest BCUT2D eigenvalue weighted by atomic mass is 19.3. The summed E-state index contributed by atoms with van der Waals surface area (Å²) in [5.41, 5.74) is 4.31. The number of nitro groups is 1. The van der Waals surface area contributed by atoms with E-state index in [1.807, 2.05) is 0 Å². The second-order valence-corrected chi connectivity index (χ2v) is 3.14. The Hall–Kier alpha value is -1.63. The van der Waals surface area contributed by atoms with Crippen LogP contribution in [0.5, 0.6) is 0 Å². The van der Waals surface area contributed by atoms with Crippen LogP contribution in [0.2, 0.25) is 0 Å². The lowest BCUT2D eigenvalue weighted by Gasteiger charge is -2.14. The maximum absolute atomic E-state index is 13.3. The lowest BCUT2D eigenvalue weighted by atomic mass is 9.99. The first kappa shape index (κ1) is 12.4. The molecule has 0 fully saturated rings. The normalized spacial score (nSPS) is 12.8. The topological polar surface area (TPSA) is 69.2 Å². The van der Waals surface area contributed by atoms with Crippen LogP contribution in [0.3, 0.4) is 0 Å². The number of halogens is 3. The minimum absolute atomic E-state index is 0.303. The lowest BCUT2D eigenvalue weighted by molar-refractivity contribution is -0.385. The molecule has 88 valence electrons. The van der Waals surface area contributed by atoms with Crippen LogP contribution in [0.15, 0.2) is 18.2 Å². The summed E-state index contributed by atoms with van der Waals surface area (Å²) in [5.74, 6) is -2.48. The highest BCUT2D eigenvalue weighted by Crippen LogP contribution is 2.27. The maximum atomic E-state index is 13.3. The summed E-state index contributed by atoms with van der Waals surface area (Å²) in [6.07, 6.45) is -2.80. The van der Waals surface area contributed by atoms with Gasteiger partial charge in [0.2, 0.25) is 6.43 Å². The van der Waals surface area contributed by atoms with Crippen molar-refractivity contribution in [1.29, 1.82) is 0 Å². The SMILES string of the molecule is NCC(c1ccc([N+](=O)[O-])cc1F)C(F)F. The molecule has 1 aromatic carbocycles. The van der Waals surface area contributed by atoms with Gasteiger partial charge in [0.25, 0.3) is 5.69 Å². The van der Waals surface area contributed by atoms with Crippen LogP contribution in [-0.4, -0.2) is 17.9 Å². The zero-order chi connectivity index (χ0) is 12.3. The van der Waals surface area contributed by atoms with Gasteiger partial charge in [-0.2, -0.15) is 0 Å². The second kappa shape index (κ2) is 4.93. The van der Waals surface area contributed by atoms with Gasteiger partial charge in [-0.25, -0.2) is 13.2 Å². The van der Waals surface area contributed by atoms with Gasteiger partial charge in [0, 0.05) is 12.6 Å². The summed E-state index contributed by atoms with van der Waals surface area (Å²) >= 11 is 0. The Labute approximate surface area is 89.0 Å². The molecule has 0 aromatic heterocycles. The molecule has 16 heavy (non-hydrogen) atoms.